The number of nitrogens with one attached hydrogen (secondary N) is 1. The maximum absolute atomic E-state index is 11.9. The molecule has 0 saturated heterocycles. The number of aromatic nitrogens is 2. The van der Waals surface area contributed by atoms with Gasteiger partial charge >= 0.3 is 0 Å². The maximum atomic E-state index is 11.9. The van der Waals surface area contributed by atoms with Gasteiger partial charge in [0.05, 0.1) is 24.5 Å². The lowest BCUT2D eigenvalue weighted by molar-refractivity contribution is 0.108. The molecular formula is C14H13BrN2O2. The fourth-order valence-corrected chi connectivity index (χ4v) is 2.44. The molecule has 0 amide bonds. The highest BCUT2D eigenvalue weighted by Crippen LogP contribution is 2.14. The first-order valence-corrected chi connectivity index (χ1v) is 6.95. The second-order valence-corrected chi connectivity index (χ2v) is 5.46. The Morgan fingerprint density at radius 2 is 2.11 bits per heavy atom. The average Bonchev–Trinajstić information content (AvgIpc) is 2.42. The maximum Gasteiger partial charge on any atom is 0.256 e. The van der Waals surface area contributed by atoms with Crippen LogP contribution in [-0.2, 0) is 24.2 Å². The number of hydrogen-bond acceptors (Lipinski definition) is 3. The van der Waals surface area contributed by atoms with Gasteiger partial charge in [-0.3, -0.25) is 4.79 Å². The van der Waals surface area contributed by atoms with Gasteiger partial charge in [-0.15, -0.1) is 0 Å². The summed E-state index contributed by atoms with van der Waals surface area (Å²) in [6.07, 6.45) is 1.35. The molecule has 1 aliphatic rings. The smallest absolute Gasteiger partial charge is 0.256 e. The van der Waals surface area contributed by atoms with Crippen LogP contribution < -0.4 is 5.56 Å². The monoisotopic (exact) mass is 320 g/mol. The Morgan fingerprint density at radius 3 is 2.89 bits per heavy atom. The lowest BCUT2D eigenvalue weighted by Crippen LogP contribution is -2.25. The van der Waals surface area contributed by atoms with Crippen molar-refractivity contribution in [2.24, 2.45) is 0 Å². The third-order valence-corrected chi connectivity index (χ3v) is 3.69. The van der Waals surface area contributed by atoms with Crippen LogP contribution in [0.1, 0.15) is 22.6 Å². The van der Waals surface area contributed by atoms with E-state index in [9.17, 15) is 4.79 Å². The van der Waals surface area contributed by atoms with Gasteiger partial charge in [0.1, 0.15) is 5.82 Å². The molecule has 19 heavy (non-hydrogen) atoms. The molecule has 0 fully saturated rings. The Kier molecular flexibility index (Phi) is 3.48. The lowest BCUT2D eigenvalue weighted by Gasteiger charge is -2.15. The number of fused-ring (bicyclic) bond motifs is 1. The minimum absolute atomic E-state index is 0.0724. The first kappa shape index (κ1) is 12.6. The van der Waals surface area contributed by atoms with E-state index < -0.39 is 0 Å². The number of ether oxygens (including phenoxy) is 1. The first-order chi connectivity index (χ1) is 9.22. The van der Waals surface area contributed by atoms with Crippen molar-refractivity contribution < 1.29 is 4.74 Å². The van der Waals surface area contributed by atoms with Crippen molar-refractivity contribution in [2.75, 3.05) is 6.61 Å². The van der Waals surface area contributed by atoms with Crippen LogP contribution in [0.25, 0.3) is 0 Å². The van der Waals surface area contributed by atoms with Gasteiger partial charge < -0.3 is 9.72 Å². The van der Waals surface area contributed by atoms with Crippen LogP contribution in [0, 0.1) is 0 Å². The van der Waals surface area contributed by atoms with Crippen molar-refractivity contribution in [1.29, 1.82) is 0 Å². The second-order valence-electron chi connectivity index (χ2n) is 4.54. The fraction of sp³-hybridized carbons (Fsp3) is 0.286. The van der Waals surface area contributed by atoms with E-state index in [1.165, 1.54) is 0 Å². The summed E-state index contributed by atoms with van der Waals surface area (Å²) in [5, 5.41) is 0. The molecule has 1 aromatic heterocycles. The van der Waals surface area contributed by atoms with Crippen LogP contribution in [0.15, 0.2) is 33.5 Å². The molecular weight excluding hydrogens is 308 g/mol. The van der Waals surface area contributed by atoms with Crippen molar-refractivity contribution >= 4 is 15.9 Å². The molecule has 98 valence electrons. The first-order valence-electron chi connectivity index (χ1n) is 6.15. The van der Waals surface area contributed by atoms with E-state index in [1.807, 2.05) is 24.3 Å². The molecule has 5 heteroatoms. The zero-order chi connectivity index (χ0) is 13.2. The number of aromatic amines is 1. The molecule has 1 N–H and O–H groups in total. The van der Waals surface area contributed by atoms with E-state index in [0.717, 1.165) is 15.7 Å². The van der Waals surface area contributed by atoms with Gasteiger partial charge in [-0.1, -0.05) is 28.1 Å². The molecule has 1 aliphatic heterocycles. The summed E-state index contributed by atoms with van der Waals surface area (Å²) in [7, 11) is 0. The molecule has 0 aliphatic carbocycles. The van der Waals surface area contributed by atoms with Crippen molar-refractivity contribution in [3.05, 3.63) is 61.7 Å². The Labute approximate surface area is 119 Å². The normalized spacial score (nSPS) is 14.2. The van der Waals surface area contributed by atoms with E-state index in [2.05, 4.69) is 25.9 Å². The highest BCUT2D eigenvalue weighted by molar-refractivity contribution is 9.10. The van der Waals surface area contributed by atoms with E-state index in [0.29, 0.717) is 37.4 Å². The highest BCUT2D eigenvalue weighted by Gasteiger charge is 2.15. The molecule has 0 radical (unpaired) electrons. The molecule has 2 aromatic rings. The van der Waals surface area contributed by atoms with Crippen molar-refractivity contribution in [1.82, 2.24) is 9.97 Å². The van der Waals surface area contributed by atoms with Crippen molar-refractivity contribution in [2.45, 2.75) is 19.4 Å². The number of benzene rings is 1. The van der Waals surface area contributed by atoms with E-state index in [-0.39, 0.29) is 5.56 Å². The summed E-state index contributed by atoms with van der Waals surface area (Å²) in [4.78, 5) is 19.3. The Balaban J connectivity index is 1.91. The predicted molar refractivity (Wildman–Crippen MR) is 75.2 cm³/mol. The van der Waals surface area contributed by atoms with Gasteiger partial charge in [0.2, 0.25) is 0 Å². The van der Waals surface area contributed by atoms with Crippen LogP contribution in [0.3, 0.4) is 0 Å². The molecule has 0 bridgehead atoms. The van der Waals surface area contributed by atoms with E-state index >= 15 is 0 Å². The molecule has 0 saturated carbocycles. The lowest BCUT2D eigenvalue weighted by atomic mass is 10.1. The number of rotatable bonds is 2. The van der Waals surface area contributed by atoms with Gasteiger partial charge in [0, 0.05) is 17.3 Å². The van der Waals surface area contributed by atoms with Crippen molar-refractivity contribution in [3.63, 3.8) is 0 Å². The zero-order valence-corrected chi connectivity index (χ0v) is 11.9. The third-order valence-electron chi connectivity index (χ3n) is 3.16. The topological polar surface area (TPSA) is 55.0 Å². The number of nitrogens with zero attached hydrogens (tertiary/aromatic N) is 1. The predicted octanol–water partition coefficient (Wildman–Crippen LogP) is 2.20. The van der Waals surface area contributed by atoms with Gasteiger partial charge in [0.15, 0.2) is 0 Å². The summed E-state index contributed by atoms with van der Waals surface area (Å²) in [5.41, 5.74) is 2.60. The Hall–Kier alpha value is -1.46. The van der Waals surface area contributed by atoms with Crippen LogP contribution in [-0.4, -0.2) is 16.6 Å². The third kappa shape index (κ3) is 2.77. The molecule has 0 unspecified atom stereocenters. The average molecular weight is 321 g/mol. The molecule has 2 heterocycles. The molecule has 0 spiro atoms. The molecule has 3 rings (SSSR count). The van der Waals surface area contributed by atoms with Gasteiger partial charge in [-0.2, -0.15) is 0 Å². The molecule has 4 nitrogen and oxygen atoms in total. The summed E-state index contributed by atoms with van der Waals surface area (Å²) in [6, 6.07) is 8.01. The second kappa shape index (κ2) is 5.27. The number of hydrogen-bond donors (Lipinski definition) is 1. The molecule has 1 aromatic carbocycles. The minimum atomic E-state index is -0.0724. The zero-order valence-electron chi connectivity index (χ0n) is 10.3. The summed E-state index contributed by atoms with van der Waals surface area (Å²) in [5.74, 6) is 0.716. The fourth-order valence-electron chi connectivity index (χ4n) is 2.17. The Morgan fingerprint density at radius 1 is 1.32 bits per heavy atom. The van der Waals surface area contributed by atoms with E-state index in [4.69, 9.17) is 4.74 Å². The minimum Gasteiger partial charge on any atom is -0.376 e. The van der Waals surface area contributed by atoms with Gasteiger partial charge in [0.25, 0.3) is 5.56 Å². The number of H-pyrrole nitrogens is 1. The summed E-state index contributed by atoms with van der Waals surface area (Å²) >= 11 is 3.40. The summed E-state index contributed by atoms with van der Waals surface area (Å²) in [6.45, 7) is 1.01. The SMILES string of the molecule is O=c1[nH]c(Cc2ccc(Br)cc2)nc2c1COCC2. The highest BCUT2D eigenvalue weighted by atomic mass is 79.9. The Bertz CT molecular complexity index is 649. The quantitative estimate of drug-likeness (QED) is 0.922. The van der Waals surface area contributed by atoms with Crippen LogP contribution in [0.2, 0.25) is 0 Å². The van der Waals surface area contributed by atoms with Crippen LogP contribution in [0.4, 0.5) is 0 Å². The van der Waals surface area contributed by atoms with Gasteiger partial charge in [-0.05, 0) is 17.7 Å². The van der Waals surface area contributed by atoms with E-state index in [1.54, 1.807) is 0 Å². The summed E-state index contributed by atoms with van der Waals surface area (Å²) < 4.78 is 6.32. The van der Waals surface area contributed by atoms with Crippen LogP contribution in [0.5, 0.6) is 0 Å². The van der Waals surface area contributed by atoms with Crippen molar-refractivity contribution in [3.8, 4) is 0 Å². The number of halogens is 1. The largest absolute Gasteiger partial charge is 0.376 e. The molecule has 0 atom stereocenters. The van der Waals surface area contributed by atoms with Crippen LogP contribution >= 0.6 is 15.9 Å². The van der Waals surface area contributed by atoms with Gasteiger partial charge in [-0.25, -0.2) is 4.98 Å². The standard InChI is InChI=1S/C14H13BrN2O2/c15-10-3-1-9(2-4-10)7-13-16-12-5-6-19-8-11(12)14(18)17-13/h1-4H,5-8H2,(H,16,17,18).